The molecular weight excluding hydrogens is 322 g/mol. The zero-order valence-corrected chi connectivity index (χ0v) is 14.4. The molecule has 25 heavy (non-hydrogen) atoms. The Morgan fingerprint density at radius 1 is 1.40 bits per heavy atom. The lowest BCUT2D eigenvalue weighted by atomic mass is 10.1. The summed E-state index contributed by atoms with van der Waals surface area (Å²) in [5, 5.41) is 0. The smallest absolute Gasteiger partial charge is 0.291 e. The lowest BCUT2D eigenvalue weighted by molar-refractivity contribution is -0.129. The highest BCUT2D eigenvalue weighted by Crippen LogP contribution is 2.33. The Labute approximate surface area is 145 Å². The van der Waals surface area contributed by atoms with Crippen molar-refractivity contribution in [2.75, 3.05) is 13.1 Å². The minimum Gasteiger partial charge on any atom is -0.436 e. The second-order valence-electron chi connectivity index (χ2n) is 6.69. The molecule has 0 aromatic carbocycles. The van der Waals surface area contributed by atoms with Gasteiger partial charge in [-0.2, -0.15) is 0 Å². The van der Waals surface area contributed by atoms with E-state index in [2.05, 4.69) is 15.0 Å². The van der Waals surface area contributed by atoms with Crippen molar-refractivity contribution in [3.8, 4) is 0 Å². The minimum atomic E-state index is -0.159. The first-order valence-corrected chi connectivity index (χ1v) is 8.56. The summed E-state index contributed by atoms with van der Waals surface area (Å²) in [5.41, 5.74) is 1.61. The second-order valence-corrected chi connectivity index (χ2v) is 6.69. The quantitative estimate of drug-likeness (QED) is 0.896. The number of oxazole rings is 1. The van der Waals surface area contributed by atoms with Crippen molar-refractivity contribution in [1.29, 1.82) is 0 Å². The molecule has 2 aromatic heterocycles. The Hall–Kier alpha value is -2.64. The number of hydrogen-bond donors (Lipinski definition) is 1. The molecule has 2 aromatic rings. The van der Waals surface area contributed by atoms with Gasteiger partial charge in [0, 0.05) is 44.7 Å². The standard InChI is InChI=1S/C17H21N5O3/c1-10-16(25-11(2)20-10)17(24)22-6-4-13-14(22)7-15(23)21(13)5-3-12-8-18-9-19-12/h8-9,13-14H,3-7H2,1-2H3,(H,18,19)/t13-,14-/m0/s1. The van der Waals surface area contributed by atoms with Crippen LogP contribution in [0.1, 0.15) is 40.7 Å². The predicted molar refractivity (Wildman–Crippen MR) is 87.8 cm³/mol. The van der Waals surface area contributed by atoms with Crippen LogP contribution in [0.2, 0.25) is 0 Å². The monoisotopic (exact) mass is 343 g/mol. The van der Waals surface area contributed by atoms with Gasteiger partial charge >= 0.3 is 0 Å². The topological polar surface area (TPSA) is 95.3 Å². The fourth-order valence-electron chi connectivity index (χ4n) is 3.99. The van der Waals surface area contributed by atoms with Gasteiger partial charge in [-0.05, 0) is 13.3 Å². The molecule has 0 bridgehead atoms. The molecule has 2 saturated heterocycles. The summed E-state index contributed by atoms with van der Waals surface area (Å²) in [6.07, 6.45) is 5.34. The highest BCUT2D eigenvalue weighted by molar-refractivity contribution is 5.94. The molecule has 2 aliphatic rings. The molecule has 132 valence electrons. The van der Waals surface area contributed by atoms with Crippen LogP contribution < -0.4 is 0 Å². The van der Waals surface area contributed by atoms with E-state index >= 15 is 0 Å². The molecule has 0 radical (unpaired) electrons. The molecule has 0 unspecified atom stereocenters. The second kappa shape index (κ2) is 6.02. The number of carbonyl (C=O) groups excluding carboxylic acids is 2. The zero-order chi connectivity index (χ0) is 17.6. The average Bonchev–Trinajstić information content (AvgIpc) is 3.31. The molecule has 0 aliphatic carbocycles. The lowest BCUT2D eigenvalue weighted by Crippen LogP contribution is -2.40. The van der Waals surface area contributed by atoms with Crippen molar-refractivity contribution in [1.82, 2.24) is 24.8 Å². The van der Waals surface area contributed by atoms with E-state index in [-0.39, 0.29) is 23.9 Å². The van der Waals surface area contributed by atoms with Gasteiger partial charge in [-0.1, -0.05) is 0 Å². The van der Waals surface area contributed by atoms with Crippen LogP contribution in [0, 0.1) is 13.8 Å². The number of imidazole rings is 1. The first kappa shape index (κ1) is 15.9. The third-order valence-corrected chi connectivity index (χ3v) is 5.15. The Bertz CT molecular complexity index is 797. The molecule has 8 nitrogen and oxygen atoms in total. The van der Waals surface area contributed by atoms with Crippen LogP contribution in [0.25, 0.3) is 0 Å². The number of aryl methyl sites for hydroxylation is 2. The summed E-state index contributed by atoms with van der Waals surface area (Å²) in [5.74, 6) is 0.730. The Morgan fingerprint density at radius 2 is 2.24 bits per heavy atom. The summed E-state index contributed by atoms with van der Waals surface area (Å²) in [7, 11) is 0. The van der Waals surface area contributed by atoms with Crippen molar-refractivity contribution < 1.29 is 14.0 Å². The number of nitrogens with zero attached hydrogens (tertiary/aromatic N) is 4. The summed E-state index contributed by atoms with van der Waals surface area (Å²) in [4.78, 5) is 40.2. The van der Waals surface area contributed by atoms with Crippen LogP contribution in [0.4, 0.5) is 0 Å². The molecule has 4 rings (SSSR count). The van der Waals surface area contributed by atoms with E-state index in [0.29, 0.717) is 36.9 Å². The molecule has 8 heteroatoms. The van der Waals surface area contributed by atoms with Crippen molar-refractivity contribution in [3.63, 3.8) is 0 Å². The van der Waals surface area contributed by atoms with Crippen molar-refractivity contribution in [2.24, 2.45) is 0 Å². The van der Waals surface area contributed by atoms with Gasteiger partial charge in [0.25, 0.3) is 5.91 Å². The van der Waals surface area contributed by atoms with Crippen LogP contribution in [-0.2, 0) is 11.2 Å². The lowest BCUT2D eigenvalue weighted by Gasteiger charge is -2.25. The van der Waals surface area contributed by atoms with Gasteiger partial charge in [-0.15, -0.1) is 0 Å². The molecule has 0 spiro atoms. The number of aromatic nitrogens is 3. The number of hydrogen-bond acceptors (Lipinski definition) is 5. The maximum Gasteiger partial charge on any atom is 0.291 e. The third kappa shape index (κ3) is 2.71. The average molecular weight is 343 g/mol. The fourth-order valence-corrected chi connectivity index (χ4v) is 3.99. The maximum atomic E-state index is 12.8. The fraction of sp³-hybridized carbons (Fsp3) is 0.529. The van der Waals surface area contributed by atoms with Gasteiger partial charge in [0.15, 0.2) is 5.89 Å². The molecule has 2 aliphatic heterocycles. The van der Waals surface area contributed by atoms with E-state index in [4.69, 9.17) is 4.42 Å². The summed E-state index contributed by atoms with van der Waals surface area (Å²) < 4.78 is 5.48. The predicted octanol–water partition coefficient (Wildman–Crippen LogP) is 1.07. The van der Waals surface area contributed by atoms with Crippen LogP contribution in [-0.4, -0.2) is 61.7 Å². The molecule has 2 atom stereocenters. The van der Waals surface area contributed by atoms with Crippen molar-refractivity contribution in [3.05, 3.63) is 35.6 Å². The molecule has 0 saturated carbocycles. The zero-order valence-electron chi connectivity index (χ0n) is 14.4. The first-order valence-electron chi connectivity index (χ1n) is 8.56. The Morgan fingerprint density at radius 3 is 2.92 bits per heavy atom. The summed E-state index contributed by atoms with van der Waals surface area (Å²) in [6, 6.07) is 0.00951. The summed E-state index contributed by atoms with van der Waals surface area (Å²) >= 11 is 0. The number of H-pyrrole nitrogens is 1. The van der Waals surface area contributed by atoms with Gasteiger partial charge < -0.3 is 19.2 Å². The third-order valence-electron chi connectivity index (χ3n) is 5.15. The number of amides is 2. The van der Waals surface area contributed by atoms with Gasteiger partial charge in [0.2, 0.25) is 11.7 Å². The van der Waals surface area contributed by atoms with E-state index in [1.165, 1.54) is 0 Å². The number of aromatic amines is 1. The van der Waals surface area contributed by atoms with Gasteiger partial charge in [0.1, 0.15) is 0 Å². The molecular formula is C17H21N5O3. The number of carbonyl (C=O) groups is 2. The van der Waals surface area contributed by atoms with Crippen LogP contribution in [0.5, 0.6) is 0 Å². The highest BCUT2D eigenvalue weighted by atomic mass is 16.4. The summed E-state index contributed by atoms with van der Waals surface area (Å²) in [6.45, 7) is 4.78. The van der Waals surface area contributed by atoms with E-state index in [0.717, 1.165) is 18.5 Å². The SMILES string of the molecule is Cc1nc(C)c(C(=O)N2CC[C@H]3[C@@H]2CC(=O)N3CCc2cnc[nH]2)o1. The number of rotatable bonds is 4. The van der Waals surface area contributed by atoms with Crippen molar-refractivity contribution in [2.45, 2.75) is 45.2 Å². The Balaban J connectivity index is 1.47. The van der Waals surface area contributed by atoms with Crippen LogP contribution in [0.3, 0.4) is 0 Å². The van der Waals surface area contributed by atoms with E-state index in [1.54, 1.807) is 31.3 Å². The maximum absolute atomic E-state index is 12.8. The van der Waals surface area contributed by atoms with E-state index in [9.17, 15) is 9.59 Å². The number of nitrogens with one attached hydrogen (secondary N) is 1. The molecule has 2 amide bonds. The van der Waals surface area contributed by atoms with Crippen LogP contribution in [0.15, 0.2) is 16.9 Å². The number of likely N-dealkylation sites (tertiary alicyclic amines) is 2. The van der Waals surface area contributed by atoms with Crippen LogP contribution >= 0.6 is 0 Å². The first-order chi connectivity index (χ1) is 12.0. The van der Waals surface area contributed by atoms with Gasteiger partial charge in [0.05, 0.1) is 24.1 Å². The van der Waals surface area contributed by atoms with Gasteiger partial charge in [-0.3, -0.25) is 9.59 Å². The minimum absolute atomic E-state index is 0.0772. The normalized spacial score (nSPS) is 22.7. The largest absolute Gasteiger partial charge is 0.436 e. The van der Waals surface area contributed by atoms with Crippen molar-refractivity contribution >= 4 is 11.8 Å². The van der Waals surface area contributed by atoms with E-state index < -0.39 is 0 Å². The Kier molecular flexibility index (Phi) is 3.82. The molecule has 1 N–H and O–H groups in total. The number of fused-ring (bicyclic) bond motifs is 1. The van der Waals surface area contributed by atoms with Gasteiger partial charge in [-0.25, -0.2) is 9.97 Å². The van der Waals surface area contributed by atoms with E-state index in [1.807, 2.05) is 4.90 Å². The molecule has 4 heterocycles. The molecule has 2 fully saturated rings. The highest BCUT2D eigenvalue weighted by Gasteiger charge is 2.48.